The number of piperidine rings is 1. The number of nitrogens with zero attached hydrogens (tertiary/aromatic N) is 2. The zero-order chi connectivity index (χ0) is 24.5. The van der Waals surface area contributed by atoms with Crippen LogP contribution in [0, 0.1) is 5.92 Å². The molecule has 0 radical (unpaired) electrons. The van der Waals surface area contributed by atoms with Crippen molar-refractivity contribution in [2.24, 2.45) is 10.9 Å². The van der Waals surface area contributed by atoms with Crippen LogP contribution in [0.4, 0.5) is 13.2 Å². The molecule has 0 saturated carbocycles. The van der Waals surface area contributed by atoms with Crippen molar-refractivity contribution in [2.45, 2.75) is 56.4 Å². The normalized spacial score (nSPS) is 22.7. The van der Waals surface area contributed by atoms with Crippen LogP contribution in [-0.4, -0.2) is 39.6 Å². The number of benzene rings is 1. The van der Waals surface area contributed by atoms with Gasteiger partial charge in [0.15, 0.2) is 0 Å². The number of aliphatic imine (C=N–C) groups is 1. The summed E-state index contributed by atoms with van der Waals surface area (Å²) in [4.78, 5) is 31.3. The van der Waals surface area contributed by atoms with E-state index >= 15 is 0 Å². The number of carbonyl (C=O) groups excluding carboxylic acids is 2. The summed E-state index contributed by atoms with van der Waals surface area (Å²) in [7, 11) is 0. The number of carbonyl (C=O) groups is 2. The molecule has 4 rings (SSSR count). The number of rotatable bonds is 6. The van der Waals surface area contributed by atoms with Crippen LogP contribution in [0.3, 0.4) is 0 Å². The maximum atomic E-state index is 13.4. The summed E-state index contributed by atoms with van der Waals surface area (Å²) in [5, 5.41) is 0.588. The van der Waals surface area contributed by atoms with E-state index in [1.807, 2.05) is 6.92 Å². The van der Waals surface area contributed by atoms with Gasteiger partial charge in [0.05, 0.1) is 22.4 Å². The molecule has 182 valence electrons. The molecule has 1 unspecified atom stereocenters. The van der Waals surface area contributed by atoms with Gasteiger partial charge in [0.25, 0.3) is 11.8 Å². The lowest BCUT2D eigenvalue weighted by Gasteiger charge is -2.34. The Bertz CT molecular complexity index is 1080. The fourth-order valence-electron chi connectivity index (χ4n) is 4.79. The predicted octanol–water partition coefficient (Wildman–Crippen LogP) is 6.17. The van der Waals surface area contributed by atoms with Crippen molar-refractivity contribution in [3.63, 3.8) is 0 Å². The van der Waals surface area contributed by atoms with Crippen molar-refractivity contribution in [1.29, 1.82) is 0 Å². The summed E-state index contributed by atoms with van der Waals surface area (Å²) in [6.07, 6.45) is 0.991. The van der Waals surface area contributed by atoms with Crippen LogP contribution in [0.25, 0.3) is 0 Å². The van der Waals surface area contributed by atoms with Crippen molar-refractivity contribution in [1.82, 2.24) is 4.90 Å². The number of hydrogen-bond donors (Lipinski definition) is 0. The van der Waals surface area contributed by atoms with Crippen molar-refractivity contribution < 1.29 is 27.2 Å². The van der Waals surface area contributed by atoms with Crippen LogP contribution >= 0.6 is 11.8 Å². The lowest BCUT2D eigenvalue weighted by Crippen LogP contribution is -2.40. The minimum absolute atomic E-state index is 0.0523. The van der Waals surface area contributed by atoms with E-state index in [-0.39, 0.29) is 29.7 Å². The molecule has 1 aromatic heterocycles. The lowest BCUT2D eigenvalue weighted by atomic mass is 9.87. The molecule has 34 heavy (non-hydrogen) atoms. The van der Waals surface area contributed by atoms with E-state index in [9.17, 15) is 22.8 Å². The molecule has 9 heteroatoms. The molecule has 2 aliphatic rings. The lowest BCUT2D eigenvalue weighted by molar-refractivity contribution is -0.138. The molecule has 0 bridgehead atoms. The average molecular weight is 493 g/mol. The van der Waals surface area contributed by atoms with Gasteiger partial charge in [-0.2, -0.15) is 13.2 Å². The van der Waals surface area contributed by atoms with Gasteiger partial charge in [-0.3, -0.25) is 9.59 Å². The molecular weight excluding hydrogens is 465 g/mol. The largest absolute Gasteiger partial charge is 0.472 e. The first-order chi connectivity index (χ1) is 16.1. The molecule has 0 spiro atoms. The fourth-order valence-corrected chi connectivity index (χ4v) is 6.22. The van der Waals surface area contributed by atoms with Crippen LogP contribution in [0.2, 0.25) is 0 Å². The Kier molecular flexibility index (Phi) is 6.94. The van der Waals surface area contributed by atoms with Gasteiger partial charge in [0.2, 0.25) is 0 Å². The minimum atomic E-state index is -4.42. The average Bonchev–Trinajstić information content (AvgIpc) is 3.42. The molecule has 1 aromatic carbocycles. The standard InChI is InChI=1S/C25H27F3N2O3S/c1-16(19-5-3-4-6-20(19)25(26,27)28)13-21-29-23(32)24(2,34-21)14-17-7-10-30(11-8-17)22(31)18-9-12-33-15-18/h3-6,9,12,15-17H,7-8,10-11,13-14H2,1-2H3/t16-,24?/m1/s1. The van der Waals surface area contributed by atoms with Crippen LogP contribution in [0.5, 0.6) is 0 Å². The Hall–Kier alpha value is -2.55. The summed E-state index contributed by atoms with van der Waals surface area (Å²) in [6.45, 7) is 4.83. The van der Waals surface area contributed by atoms with E-state index in [1.54, 1.807) is 24.0 Å². The van der Waals surface area contributed by atoms with E-state index in [1.165, 1.54) is 36.4 Å². The zero-order valence-corrected chi connectivity index (χ0v) is 19.9. The van der Waals surface area contributed by atoms with Crippen LogP contribution < -0.4 is 0 Å². The molecule has 2 atom stereocenters. The molecule has 0 aliphatic carbocycles. The van der Waals surface area contributed by atoms with Gasteiger partial charge in [-0.1, -0.05) is 36.9 Å². The second-order valence-electron chi connectivity index (χ2n) is 9.29. The summed E-state index contributed by atoms with van der Waals surface area (Å²) >= 11 is 1.38. The van der Waals surface area contributed by atoms with Gasteiger partial charge >= 0.3 is 6.18 Å². The van der Waals surface area contributed by atoms with Gasteiger partial charge in [0.1, 0.15) is 11.0 Å². The van der Waals surface area contributed by atoms with Crippen molar-refractivity contribution >= 4 is 28.6 Å². The predicted molar refractivity (Wildman–Crippen MR) is 125 cm³/mol. The highest BCUT2D eigenvalue weighted by Crippen LogP contribution is 2.44. The number of hydrogen-bond acceptors (Lipinski definition) is 4. The Labute approximate surface area is 200 Å². The third-order valence-electron chi connectivity index (χ3n) is 6.65. The highest BCUT2D eigenvalue weighted by molar-refractivity contribution is 8.16. The van der Waals surface area contributed by atoms with E-state index in [0.717, 1.165) is 18.9 Å². The summed E-state index contributed by atoms with van der Waals surface area (Å²) < 4.78 is 44.5. The number of amides is 2. The number of furan rings is 1. The smallest absolute Gasteiger partial charge is 0.416 e. The molecule has 5 nitrogen and oxygen atoms in total. The monoisotopic (exact) mass is 492 g/mol. The van der Waals surface area contributed by atoms with Gasteiger partial charge in [-0.25, -0.2) is 4.99 Å². The fraction of sp³-hybridized carbons (Fsp3) is 0.480. The summed E-state index contributed by atoms with van der Waals surface area (Å²) in [5.74, 6) is -0.423. The topological polar surface area (TPSA) is 62.9 Å². The second kappa shape index (κ2) is 9.60. The summed E-state index contributed by atoms with van der Waals surface area (Å²) in [5.41, 5.74) is 0.108. The molecule has 3 heterocycles. The van der Waals surface area contributed by atoms with Crippen LogP contribution in [0.1, 0.15) is 66.9 Å². The third kappa shape index (κ3) is 5.24. The molecule has 2 amide bonds. The highest BCUT2D eigenvalue weighted by atomic mass is 32.2. The number of likely N-dealkylation sites (tertiary alicyclic amines) is 1. The van der Waals surface area contributed by atoms with Gasteiger partial charge in [0, 0.05) is 19.5 Å². The Morgan fingerprint density at radius 3 is 2.62 bits per heavy atom. The Morgan fingerprint density at radius 1 is 1.26 bits per heavy atom. The number of halogens is 3. The van der Waals surface area contributed by atoms with Gasteiger partial charge in [-0.05, 0) is 55.7 Å². The quantitative estimate of drug-likeness (QED) is 0.484. The second-order valence-corrected chi connectivity index (χ2v) is 10.9. The van der Waals surface area contributed by atoms with Gasteiger partial charge < -0.3 is 9.32 Å². The first-order valence-electron chi connectivity index (χ1n) is 11.4. The molecule has 2 aromatic rings. The first kappa shape index (κ1) is 24.6. The van der Waals surface area contributed by atoms with Crippen molar-refractivity contribution in [3.8, 4) is 0 Å². The van der Waals surface area contributed by atoms with Crippen LogP contribution in [-0.2, 0) is 11.0 Å². The van der Waals surface area contributed by atoms with E-state index in [4.69, 9.17) is 4.42 Å². The van der Waals surface area contributed by atoms with E-state index in [0.29, 0.717) is 30.1 Å². The first-order valence-corrected chi connectivity index (χ1v) is 12.2. The number of alkyl halides is 3. The third-order valence-corrected chi connectivity index (χ3v) is 7.93. The number of thioether (sulfide) groups is 1. The highest BCUT2D eigenvalue weighted by Gasteiger charge is 2.43. The minimum Gasteiger partial charge on any atom is -0.472 e. The molecule has 0 N–H and O–H groups in total. The SMILES string of the molecule is C[C@H](CC1=NC(=O)C(C)(CC2CCN(C(=O)c3ccoc3)CC2)S1)c1ccccc1C(F)(F)F. The molecular formula is C25H27F3N2O3S. The van der Waals surface area contributed by atoms with Crippen molar-refractivity contribution in [3.05, 3.63) is 59.5 Å². The molecule has 1 saturated heterocycles. The van der Waals surface area contributed by atoms with Gasteiger partial charge in [-0.15, -0.1) is 0 Å². The Morgan fingerprint density at radius 2 is 1.97 bits per heavy atom. The summed E-state index contributed by atoms with van der Waals surface area (Å²) in [6, 6.07) is 7.22. The van der Waals surface area contributed by atoms with E-state index in [2.05, 4.69) is 4.99 Å². The van der Waals surface area contributed by atoms with E-state index < -0.39 is 22.4 Å². The molecule has 1 fully saturated rings. The zero-order valence-electron chi connectivity index (χ0n) is 19.1. The maximum absolute atomic E-state index is 13.4. The molecule has 2 aliphatic heterocycles. The Balaban J connectivity index is 1.34. The maximum Gasteiger partial charge on any atom is 0.416 e. The van der Waals surface area contributed by atoms with Crippen molar-refractivity contribution in [2.75, 3.05) is 13.1 Å². The van der Waals surface area contributed by atoms with Crippen LogP contribution in [0.15, 0.2) is 52.3 Å².